The van der Waals surface area contributed by atoms with Crippen molar-refractivity contribution in [3.63, 3.8) is 0 Å². The Morgan fingerprint density at radius 3 is 2.29 bits per heavy atom. The zero-order valence-corrected chi connectivity index (χ0v) is 25.7. The van der Waals surface area contributed by atoms with Gasteiger partial charge in [-0.15, -0.1) is 0 Å². The number of anilines is 1. The van der Waals surface area contributed by atoms with Gasteiger partial charge in [-0.2, -0.15) is 11.8 Å². The fraction of sp³-hybridized carbons (Fsp3) is 0.586. The second kappa shape index (κ2) is 17.4. The quantitative estimate of drug-likeness (QED) is 0.133. The predicted molar refractivity (Wildman–Crippen MR) is 162 cm³/mol. The third-order valence-corrected chi connectivity index (χ3v) is 7.90. The first kappa shape index (κ1) is 34.6. The molecule has 0 saturated carbocycles. The van der Waals surface area contributed by atoms with Crippen molar-refractivity contribution in [3.8, 4) is 0 Å². The monoisotopic (exact) mass is 604 g/mol. The number of rotatable bonds is 17. The minimum absolute atomic E-state index is 0.147. The molecule has 1 aromatic carbocycles. The maximum atomic E-state index is 13.2. The molecule has 2 unspecified atom stereocenters. The lowest BCUT2D eigenvalue weighted by molar-refractivity contribution is -0.138. The van der Waals surface area contributed by atoms with E-state index in [1.807, 2.05) is 25.3 Å². The summed E-state index contributed by atoms with van der Waals surface area (Å²) >= 11 is 1.38. The standard InChI is InChI=1S/C29H44N6O6S/c1-18(2)25(34-23(36)10-6-5-7-16-35-24(37)17-22(42-4)28(35)40)27(39)33-21(9-8-15-31-29(30)41)26(38)32-20-13-11-19(3)12-14-20/h11-14,18,21-22,25H,5-10,15-17H2,1-4H3,(H,32,38)(H,33,39)(H,34,36)(H3,30,31,41)/t21-,22?,25?/m0/s1. The smallest absolute Gasteiger partial charge is 0.312 e. The topological polar surface area (TPSA) is 180 Å². The Kier molecular flexibility index (Phi) is 14.3. The molecule has 1 fully saturated rings. The Bertz CT molecular complexity index is 1110. The van der Waals surface area contributed by atoms with E-state index in [1.165, 1.54) is 16.7 Å². The molecule has 232 valence electrons. The number of benzene rings is 1. The summed E-state index contributed by atoms with van der Waals surface area (Å²) in [6.45, 7) is 6.11. The highest BCUT2D eigenvalue weighted by atomic mass is 32.2. The normalized spacial score (nSPS) is 16.2. The number of aryl methyl sites for hydroxylation is 1. The van der Waals surface area contributed by atoms with E-state index in [1.54, 1.807) is 26.0 Å². The molecule has 13 heteroatoms. The summed E-state index contributed by atoms with van der Waals surface area (Å²) in [7, 11) is 0. The molecule has 0 spiro atoms. The van der Waals surface area contributed by atoms with Gasteiger partial charge in [0.2, 0.25) is 29.5 Å². The number of hydrogen-bond acceptors (Lipinski definition) is 7. The predicted octanol–water partition coefficient (Wildman–Crippen LogP) is 2.06. The Morgan fingerprint density at radius 2 is 1.69 bits per heavy atom. The highest BCUT2D eigenvalue weighted by Gasteiger charge is 2.37. The van der Waals surface area contributed by atoms with Crippen LogP contribution in [-0.4, -0.2) is 77.1 Å². The summed E-state index contributed by atoms with van der Waals surface area (Å²) < 4.78 is 0. The molecule has 6 N–H and O–H groups in total. The first-order valence-corrected chi connectivity index (χ1v) is 15.6. The summed E-state index contributed by atoms with van der Waals surface area (Å²) in [5.74, 6) is -1.75. The van der Waals surface area contributed by atoms with Crippen molar-refractivity contribution >= 4 is 53.0 Å². The van der Waals surface area contributed by atoms with Gasteiger partial charge in [-0.25, -0.2) is 4.79 Å². The lowest BCUT2D eigenvalue weighted by Crippen LogP contribution is -2.54. The van der Waals surface area contributed by atoms with Gasteiger partial charge in [0, 0.05) is 31.6 Å². The Balaban J connectivity index is 1.89. The number of amides is 7. The Morgan fingerprint density at radius 1 is 1.00 bits per heavy atom. The van der Waals surface area contributed by atoms with E-state index < -0.39 is 29.9 Å². The molecule has 1 aliphatic heterocycles. The van der Waals surface area contributed by atoms with Crippen LogP contribution in [0.2, 0.25) is 0 Å². The molecule has 42 heavy (non-hydrogen) atoms. The molecule has 2 rings (SSSR count). The average molecular weight is 605 g/mol. The maximum Gasteiger partial charge on any atom is 0.312 e. The minimum atomic E-state index is -0.909. The number of thioether (sulfide) groups is 1. The number of nitrogens with one attached hydrogen (secondary N) is 4. The number of urea groups is 1. The van der Waals surface area contributed by atoms with Crippen LogP contribution >= 0.6 is 11.8 Å². The highest BCUT2D eigenvalue weighted by molar-refractivity contribution is 8.00. The molecule has 0 bridgehead atoms. The van der Waals surface area contributed by atoms with Crippen LogP contribution in [0.15, 0.2) is 24.3 Å². The lowest BCUT2D eigenvalue weighted by Gasteiger charge is -2.25. The largest absolute Gasteiger partial charge is 0.352 e. The van der Waals surface area contributed by atoms with Crippen LogP contribution in [-0.2, 0) is 24.0 Å². The fourth-order valence-electron chi connectivity index (χ4n) is 4.50. The fourth-order valence-corrected chi connectivity index (χ4v) is 5.14. The average Bonchev–Trinajstić information content (AvgIpc) is 3.21. The molecular weight excluding hydrogens is 560 g/mol. The Hall–Kier alpha value is -3.61. The molecule has 1 saturated heterocycles. The lowest BCUT2D eigenvalue weighted by atomic mass is 10.0. The summed E-state index contributed by atoms with van der Waals surface area (Å²) in [5, 5.41) is 10.5. The van der Waals surface area contributed by atoms with E-state index in [0.717, 1.165) is 5.56 Å². The van der Waals surface area contributed by atoms with E-state index >= 15 is 0 Å². The molecule has 0 radical (unpaired) electrons. The zero-order chi connectivity index (χ0) is 31.2. The number of carbonyl (C=O) groups is 6. The third-order valence-electron chi connectivity index (χ3n) is 6.96. The van der Waals surface area contributed by atoms with Crippen LogP contribution < -0.4 is 27.0 Å². The van der Waals surface area contributed by atoms with Crippen molar-refractivity contribution in [1.29, 1.82) is 0 Å². The zero-order valence-electron chi connectivity index (χ0n) is 24.9. The second-order valence-corrected chi connectivity index (χ2v) is 11.8. The Labute approximate surface area is 251 Å². The van der Waals surface area contributed by atoms with Gasteiger partial charge in [-0.05, 0) is 56.9 Å². The van der Waals surface area contributed by atoms with Crippen LogP contribution in [0.5, 0.6) is 0 Å². The highest BCUT2D eigenvalue weighted by Crippen LogP contribution is 2.23. The van der Waals surface area contributed by atoms with E-state index in [-0.39, 0.29) is 54.7 Å². The van der Waals surface area contributed by atoms with Crippen molar-refractivity contribution in [1.82, 2.24) is 20.9 Å². The number of imide groups is 1. The summed E-state index contributed by atoms with van der Waals surface area (Å²) in [6, 6.07) is 4.80. The van der Waals surface area contributed by atoms with Gasteiger partial charge in [0.05, 0.1) is 5.25 Å². The molecule has 7 amide bonds. The van der Waals surface area contributed by atoms with Crippen LogP contribution in [0.4, 0.5) is 10.5 Å². The molecule has 0 aromatic heterocycles. The number of primary amides is 1. The van der Waals surface area contributed by atoms with E-state index in [9.17, 15) is 28.8 Å². The molecule has 1 aromatic rings. The van der Waals surface area contributed by atoms with Gasteiger partial charge < -0.3 is 27.0 Å². The number of likely N-dealkylation sites (tertiary alicyclic amines) is 1. The minimum Gasteiger partial charge on any atom is -0.352 e. The number of nitrogens with zero attached hydrogens (tertiary/aromatic N) is 1. The van der Waals surface area contributed by atoms with Gasteiger partial charge in [0.1, 0.15) is 12.1 Å². The summed E-state index contributed by atoms with van der Waals surface area (Å²) in [4.78, 5) is 75.6. The summed E-state index contributed by atoms with van der Waals surface area (Å²) in [5.41, 5.74) is 6.73. The number of carbonyl (C=O) groups excluding carboxylic acids is 6. The van der Waals surface area contributed by atoms with Crippen LogP contribution in [0.3, 0.4) is 0 Å². The molecular formula is C29H44N6O6S. The van der Waals surface area contributed by atoms with Crippen molar-refractivity contribution in [2.24, 2.45) is 11.7 Å². The van der Waals surface area contributed by atoms with Crippen molar-refractivity contribution in [2.45, 2.75) is 83.1 Å². The number of hydrogen-bond donors (Lipinski definition) is 5. The van der Waals surface area contributed by atoms with Crippen LogP contribution in [0, 0.1) is 12.8 Å². The second-order valence-electron chi connectivity index (χ2n) is 10.8. The SMILES string of the molecule is CSC1CC(=O)N(CCCCCC(=O)NC(C(=O)N[C@@H](CCCNC(N)=O)C(=O)Nc2ccc(C)cc2)C(C)C)C1=O. The molecule has 3 atom stereocenters. The van der Waals surface area contributed by atoms with Crippen molar-refractivity contribution < 1.29 is 28.8 Å². The summed E-state index contributed by atoms with van der Waals surface area (Å²) in [6.07, 6.45) is 4.64. The number of unbranched alkanes of at least 4 members (excludes halogenated alkanes) is 2. The van der Waals surface area contributed by atoms with Crippen molar-refractivity contribution in [2.75, 3.05) is 24.7 Å². The molecule has 1 aliphatic rings. The van der Waals surface area contributed by atoms with Gasteiger partial charge in [0.25, 0.3) is 0 Å². The van der Waals surface area contributed by atoms with E-state index in [4.69, 9.17) is 5.73 Å². The maximum absolute atomic E-state index is 13.2. The first-order chi connectivity index (χ1) is 19.9. The molecule has 0 aliphatic carbocycles. The van der Waals surface area contributed by atoms with Crippen molar-refractivity contribution in [3.05, 3.63) is 29.8 Å². The number of nitrogens with two attached hydrogens (primary N) is 1. The van der Waals surface area contributed by atoms with Crippen LogP contribution in [0.25, 0.3) is 0 Å². The third kappa shape index (κ3) is 11.3. The van der Waals surface area contributed by atoms with Gasteiger partial charge in [0.15, 0.2) is 0 Å². The van der Waals surface area contributed by atoms with Gasteiger partial charge in [-0.1, -0.05) is 38.0 Å². The van der Waals surface area contributed by atoms with Gasteiger partial charge >= 0.3 is 6.03 Å². The van der Waals surface area contributed by atoms with E-state index in [2.05, 4.69) is 21.3 Å². The van der Waals surface area contributed by atoms with Gasteiger partial charge in [-0.3, -0.25) is 28.9 Å². The molecule has 1 heterocycles. The van der Waals surface area contributed by atoms with Crippen LogP contribution in [0.1, 0.15) is 64.4 Å². The van der Waals surface area contributed by atoms with E-state index in [0.29, 0.717) is 37.9 Å². The first-order valence-electron chi connectivity index (χ1n) is 14.3. The molecule has 12 nitrogen and oxygen atoms in total.